The quantitative estimate of drug-likeness (QED) is 0.930. The number of rotatable bonds is 4. The second kappa shape index (κ2) is 8.14. The van der Waals surface area contributed by atoms with Gasteiger partial charge in [-0.15, -0.1) is 0 Å². The molecule has 0 aliphatic carbocycles. The molecule has 2 aromatic rings. The summed E-state index contributed by atoms with van der Waals surface area (Å²) in [5, 5.41) is 3.10. The molecule has 1 fully saturated rings. The summed E-state index contributed by atoms with van der Waals surface area (Å²) in [4.78, 5) is 16.9. The maximum Gasteiger partial charge on any atom is 0.326 e. The SMILES string of the molecule is C[C@@H](NC(=O)N(c1ccccc1)c1ccccc1)[C@@H]1CN(C)CCO1. The van der Waals surface area contributed by atoms with Crippen molar-refractivity contribution in [2.75, 3.05) is 31.6 Å². The molecule has 0 unspecified atom stereocenters. The van der Waals surface area contributed by atoms with E-state index in [4.69, 9.17) is 4.74 Å². The number of anilines is 2. The number of benzene rings is 2. The van der Waals surface area contributed by atoms with E-state index in [1.165, 1.54) is 0 Å². The molecule has 1 aliphatic rings. The topological polar surface area (TPSA) is 44.8 Å². The summed E-state index contributed by atoms with van der Waals surface area (Å²) in [5.74, 6) is 0. The van der Waals surface area contributed by atoms with Crippen LogP contribution in [0.2, 0.25) is 0 Å². The van der Waals surface area contributed by atoms with Gasteiger partial charge in [-0.2, -0.15) is 0 Å². The highest BCUT2D eigenvalue weighted by atomic mass is 16.5. The Kier molecular flexibility index (Phi) is 5.68. The maximum atomic E-state index is 13.0. The molecule has 0 spiro atoms. The van der Waals surface area contributed by atoms with Gasteiger partial charge in [0.05, 0.1) is 30.1 Å². The molecule has 2 atom stereocenters. The first-order chi connectivity index (χ1) is 12.1. The lowest BCUT2D eigenvalue weighted by atomic mass is 10.1. The number of ether oxygens (including phenoxy) is 1. The molecule has 1 N–H and O–H groups in total. The lowest BCUT2D eigenvalue weighted by Crippen LogP contribution is -2.53. The van der Waals surface area contributed by atoms with Crippen molar-refractivity contribution in [3.63, 3.8) is 0 Å². The van der Waals surface area contributed by atoms with Crippen molar-refractivity contribution < 1.29 is 9.53 Å². The smallest absolute Gasteiger partial charge is 0.326 e. The predicted molar refractivity (Wildman–Crippen MR) is 100 cm³/mol. The van der Waals surface area contributed by atoms with E-state index in [-0.39, 0.29) is 18.2 Å². The highest BCUT2D eigenvalue weighted by molar-refractivity contribution is 5.99. The fourth-order valence-corrected chi connectivity index (χ4v) is 3.00. The molecule has 2 amide bonds. The van der Waals surface area contributed by atoms with Crippen LogP contribution in [-0.4, -0.2) is 49.8 Å². The Morgan fingerprint density at radius 1 is 1.12 bits per heavy atom. The Morgan fingerprint density at radius 3 is 2.20 bits per heavy atom. The fourth-order valence-electron chi connectivity index (χ4n) is 3.00. The predicted octanol–water partition coefficient (Wildman–Crippen LogP) is 3.25. The van der Waals surface area contributed by atoms with Gasteiger partial charge >= 0.3 is 6.03 Å². The molecule has 1 heterocycles. The average Bonchev–Trinajstić information content (AvgIpc) is 2.63. The van der Waals surface area contributed by atoms with Gasteiger partial charge in [-0.3, -0.25) is 4.90 Å². The van der Waals surface area contributed by atoms with Crippen LogP contribution in [0.1, 0.15) is 6.92 Å². The van der Waals surface area contributed by atoms with Crippen molar-refractivity contribution in [2.24, 2.45) is 0 Å². The summed E-state index contributed by atoms with van der Waals surface area (Å²) in [6, 6.07) is 19.1. The van der Waals surface area contributed by atoms with E-state index >= 15 is 0 Å². The molecule has 1 aliphatic heterocycles. The van der Waals surface area contributed by atoms with Crippen LogP contribution in [0.5, 0.6) is 0 Å². The van der Waals surface area contributed by atoms with Crippen LogP contribution in [0.3, 0.4) is 0 Å². The van der Waals surface area contributed by atoms with Crippen LogP contribution in [0.4, 0.5) is 16.2 Å². The van der Waals surface area contributed by atoms with Crippen LogP contribution < -0.4 is 10.2 Å². The lowest BCUT2D eigenvalue weighted by molar-refractivity contribution is -0.0332. The van der Waals surface area contributed by atoms with Crippen molar-refractivity contribution >= 4 is 17.4 Å². The number of carbonyl (C=O) groups is 1. The van der Waals surface area contributed by atoms with Crippen LogP contribution >= 0.6 is 0 Å². The summed E-state index contributed by atoms with van der Waals surface area (Å²) in [6.07, 6.45) is -0.00361. The van der Waals surface area contributed by atoms with Gasteiger partial charge in [0, 0.05) is 13.1 Å². The lowest BCUT2D eigenvalue weighted by Gasteiger charge is -2.35. The van der Waals surface area contributed by atoms with Crippen LogP contribution in [0.15, 0.2) is 60.7 Å². The third-order valence-corrected chi connectivity index (χ3v) is 4.44. The molecular formula is C20H25N3O2. The van der Waals surface area contributed by atoms with E-state index in [1.807, 2.05) is 67.6 Å². The van der Waals surface area contributed by atoms with E-state index < -0.39 is 0 Å². The third kappa shape index (κ3) is 4.38. The minimum atomic E-state index is -0.151. The Morgan fingerprint density at radius 2 is 1.68 bits per heavy atom. The second-order valence-corrected chi connectivity index (χ2v) is 6.42. The number of likely N-dealkylation sites (N-methyl/N-ethyl adjacent to an activating group) is 1. The molecule has 0 radical (unpaired) electrons. The zero-order valence-corrected chi connectivity index (χ0v) is 14.8. The molecule has 0 bridgehead atoms. The molecule has 2 aromatic carbocycles. The maximum absolute atomic E-state index is 13.0. The van der Waals surface area contributed by atoms with Crippen molar-refractivity contribution in [3.8, 4) is 0 Å². The number of amides is 2. The van der Waals surface area contributed by atoms with E-state index in [0.717, 1.165) is 24.5 Å². The molecule has 132 valence electrons. The molecule has 1 saturated heterocycles. The van der Waals surface area contributed by atoms with Gasteiger partial charge in [-0.05, 0) is 38.2 Å². The largest absolute Gasteiger partial charge is 0.373 e. The highest BCUT2D eigenvalue weighted by Crippen LogP contribution is 2.25. The number of hydrogen-bond acceptors (Lipinski definition) is 3. The van der Waals surface area contributed by atoms with E-state index in [1.54, 1.807) is 4.90 Å². The molecular weight excluding hydrogens is 314 g/mol. The van der Waals surface area contributed by atoms with Crippen LogP contribution in [0, 0.1) is 0 Å². The minimum absolute atomic E-state index is 0.00361. The third-order valence-electron chi connectivity index (χ3n) is 4.44. The fraction of sp³-hybridized carbons (Fsp3) is 0.350. The van der Waals surface area contributed by atoms with E-state index in [2.05, 4.69) is 17.3 Å². The van der Waals surface area contributed by atoms with E-state index in [9.17, 15) is 4.79 Å². The molecule has 5 nitrogen and oxygen atoms in total. The molecule has 0 saturated carbocycles. The van der Waals surface area contributed by atoms with Crippen molar-refractivity contribution in [3.05, 3.63) is 60.7 Å². The zero-order valence-electron chi connectivity index (χ0n) is 14.8. The Balaban J connectivity index is 1.78. The van der Waals surface area contributed by atoms with Gasteiger partial charge in [0.15, 0.2) is 0 Å². The average molecular weight is 339 g/mol. The second-order valence-electron chi connectivity index (χ2n) is 6.42. The molecule has 0 aromatic heterocycles. The van der Waals surface area contributed by atoms with Crippen molar-refractivity contribution in [2.45, 2.75) is 19.1 Å². The van der Waals surface area contributed by atoms with Gasteiger partial charge in [-0.1, -0.05) is 36.4 Å². The van der Waals surface area contributed by atoms with Crippen molar-refractivity contribution in [1.82, 2.24) is 10.2 Å². The van der Waals surface area contributed by atoms with E-state index in [0.29, 0.717) is 6.61 Å². The summed E-state index contributed by atoms with van der Waals surface area (Å²) in [5.41, 5.74) is 1.67. The number of carbonyl (C=O) groups excluding carboxylic acids is 1. The summed E-state index contributed by atoms with van der Waals surface area (Å²) in [7, 11) is 2.07. The van der Waals surface area contributed by atoms with Gasteiger partial charge in [-0.25, -0.2) is 4.79 Å². The molecule has 5 heteroatoms. The Hall–Kier alpha value is -2.37. The first kappa shape index (κ1) is 17.5. The van der Waals surface area contributed by atoms with Gasteiger partial charge < -0.3 is 15.0 Å². The van der Waals surface area contributed by atoms with Gasteiger partial charge in [0.25, 0.3) is 0 Å². The minimum Gasteiger partial charge on any atom is -0.373 e. The first-order valence-electron chi connectivity index (χ1n) is 8.66. The summed E-state index contributed by atoms with van der Waals surface area (Å²) in [6.45, 7) is 4.44. The summed E-state index contributed by atoms with van der Waals surface area (Å²) < 4.78 is 5.83. The number of nitrogens with zero attached hydrogens (tertiary/aromatic N) is 2. The van der Waals surface area contributed by atoms with Crippen molar-refractivity contribution in [1.29, 1.82) is 0 Å². The Bertz CT molecular complexity index is 638. The number of morpholine rings is 1. The Labute approximate surface area is 149 Å². The number of urea groups is 1. The number of para-hydroxylation sites is 2. The molecule has 3 rings (SSSR count). The van der Waals surface area contributed by atoms with Crippen LogP contribution in [0.25, 0.3) is 0 Å². The zero-order chi connectivity index (χ0) is 17.6. The standard InChI is InChI=1S/C20H25N3O2/c1-16(19-15-22(2)13-14-25-19)21-20(24)23(17-9-5-3-6-10-17)18-11-7-4-8-12-18/h3-12,16,19H,13-15H2,1-2H3,(H,21,24)/t16-,19+/m1/s1. The van der Waals surface area contributed by atoms with Crippen LogP contribution in [-0.2, 0) is 4.74 Å². The number of hydrogen-bond donors (Lipinski definition) is 1. The monoisotopic (exact) mass is 339 g/mol. The number of nitrogens with one attached hydrogen (secondary N) is 1. The van der Waals surface area contributed by atoms with Gasteiger partial charge in [0.2, 0.25) is 0 Å². The highest BCUT2D eigenvalue weighted by Gasteiger charge is 2.27. The molecule has 25 heavy (non-hydrogen) atoms. The first-order valence-corrected chi connectivity index (χ1v) is 8.66. The van der Waals surface area contributed by atoms with Gasteiger partial charge in [0.1, 0.15) is 0 Å². The summed E-state index contributed by atoms with van der Waals surface area (Å²) >= 11 is 0. The normalized spacial score (nSPS) is 19.2.